The molecule has 0 amide bonds. The molecule has 5 heteroatoms. The van der Waals surface area contributed by atoms with Crippen LogP contribution in [0, 0.1) is 13.8 Å². The van der Waals surface area contributed by atoms with Gasteiger partial charge in [0.2, 0.25) is 0 Å². The fraction of sp³-hybridized carbons (Fsp3) is 0.500. The molecule has 5 nitrogen and oxygen atoms in total. The van der Waals surface area contributed by atoms with E-state index in [1.54, 1.807) is 0 Å². The highest BCUT2D eigenvalue weighted by Gasteiger charge is 2.19. The summed E-state index contributed by atoms with van der Waals surface area (Å²) in [5.41, 5.74) is 10.0. The van der Waals surface area contributed by atoms with Crippen LogP contribution in [0.4, 0.5) is 5.82 Å². The van der Waals surface area contributed by atoms with Crippen molar-refractivity contribution in [3.63, 3.8) is 0 Å². The van der Waals surface area contributed by atoms with Gasteiger partial charge in [-0.25, -0.2) is 9.97 Å². The Balaban J connectivity index is 2.14. The Kier molecular flexibility index (Phi) is 2.97. The lowest BCUT2D eigenvalue weighted by atomic mass is 10.1. The van der Waals surface area contributed by atoms with Gasteiger partial charge < -0.3 is 10.3 Å². The van der Waals surface area contributed by atoms with Crippen LogP contribution in [-0.4, -0.2) is 15.1 Å². The molecule has 0 bridgehead atoms. The van der Waals surface area contributed by atoms with Crippen molar-refractivity contribution in [3.05, 3.63) is 22.7 Å². The van der Waals surface area contributed by atoms with Crippen molar-refractivity contribution in [2.45, 2.75) is 46.0 Å². The van der Waals surface area contributed by atoms with Crippen molar-refractivity contribution >= 4 is 5.82 Å². The molecule has 2 N–H and O–H groups in total. The SMILES string of the molecule is Cc1noc(C)c1-c1nc(N)c2c(n1)CCCCC2. The second-order valence-corrected chi connectivity index (χ2v) is 5.12. The van der Waals surface area contributed by atoms with Gasteiger partial charge in [-0.1, -0.05) is 11.6 Å². The summed E-state index contributed by atoms with van der Waals surface area (Å²) in [5.74, 6) is 2.00. The smallest absolute Gasteiger partial charge is 0.167 e. The number of nitrogens with zero attached hydrogens (tertiary/aromatic N) is 3. The monoisotopic (exact) mass is 258 g/mol. The van der Waals surface area contributed by atoms with E-state index in [1.165, 1.54) is 19.3 Å². The number of fused-ring (bicyclic) bond motifs is 1. The van der Waals surface area contributed by atoms with Crippen molar-refractivity contribution in [3.8, 4) is 11.4 Å². The van der Waals surface area contributed by atoms with Crippen molar-refractivity contribution in [1.29, 1.82) is 0 Å². The zero-order valence-electron chi connectivity index (χ0n) is 11.4. The molecule has 2 aromatic heterocycles. The summed E-state index contributed by atoms with van der Waals surface area (Å²) < 4.78 is 5.19. The minimum absolute atomic E-state index is 0.613. The lowest BCUT2D eigenvalue weighted by Gasteiger charge is -2.10. The van der Waals surface area contributed by atoms with Crippen molar-refractivity contribution in [2.24, 2.45) is 0 Å². The van der Waals surface area contributed by atoms with E-state index in [-0.39, 0.29) is 0 Å². The Bertz CT molecular complexity index is 599. The van der Waals surface area contributed by atoms with Crippen LogP contribution in [0.5, 0.6) is 0 Å². The molecule has 0 aromatic carbocycles. The molecule has 100 valence electrons. The predicted molar refractivity (Wildman–Crippen MR) is 72.7 cm³/mol. The quantitative estimate of drug-likeness (QED) is 0.795. The number of nitrogens with two attached hydrogens (primary N) is 1. The summed E-state index contributed by atoms with van der Waals surface area (Å²) in [6.07, 6.45) is 5.55. The molecule has 0 atom stereocenters. The Labute approximate surface area is 112 Å². The summed E-state index contributed by atoms with van der Waals surface area (Å²) in [4.78, 5) is 9.17. The molecule has 1 aliphatic carbocycles. The van der Waals surface area contributed by atoms with Gasteiger partial charge in [-0.15, -0.1) is 0 Å². The average Bonchev–Trinajstić information content (AvgIpc) is 2.60. The van der Waals surface area contributed by atoms with Gasteiger partial charge in [-0.3, -0.25) is 0 Å². The molecule has 0 saturated heterocycles. The first kappa shape index (κ1) is 12.1. The van der Waals surface area contributed by atoms with Gasteiger partial charge in [0.1, 0.15) is 11.6 Å². The van der Waals surface area contributed by atoms with E-state index >= 15 is 0 Å². The maximum absolute atomic E-state index is 6.12. The Morgan fingerprint density at radius 1 is 1.05 bits per heavy atom. The molecule has 1 aliphatic rings. The van der Waals surface area contributed by atoms with Crippen LogP contribution in [-0.2, 0) is 12.8 Å². The zero-order valence-corrected chi connectivity index (χ0v) is 11.4. The largest absolute Gasteiger partial charge is 0.383 e. The van der Waals surface area contributed by atoms with Crippen molar-refractivity contribution in [1.82, 2.24) is 15.1 Å². The molecule has 0 aliphatic heterocycles. The molecule has 2 heterocycles. The summed E-state index contributed by atoms with van der Waals surface area (Å²) in [6.45, 7) is 3.78. The first-order chi connectivity index (χ1) is 9.16. The van der Waals surface area contributed by atoms with Gasteiger partial charge in [-0.2, -0.15) is 0 Å². The summed E-state index contributed by atoms with van der Waals surface area (Å²) in [5, 5.41) is 3.96. The third kappa shape index (κ3) is 2.09. The maximum atomic E-state index is 6.12. The second kappa shape index (κ2) is 4.64. The molecule has 0 saturated carbocycles. The lowest BCUT2D eigenvalue weighted by molar-refractivity contribution is 0.393. The van der Waals surface area contributed by atoms with E-state index in [4.69, 9.17) is 15.2 Å². The number of anilines is 1. The normalized spacial score (nSPS) is 15.1. The van der Waals surface area contributed by atoms with Crippen LogP contribution in [0.15, 0.2) is 4.52 Å². The molecule has 19 heavy (non-hydrogen) atoms. The zero-order chi connectivity index (χ0) is 13.4. The molecule has 0 unspecified atom stereocenters. The van der Waals surface area contributed by atoms with Crippen LogP contribution in [0.3, 0.4) is 0 Å². The molecule has 0 radical (unpaired) electrons. The van der Waals surface area contributed by atoms with Crippen LogP contribution in [0.2, 0.25) is 0 Å². The van der Waals surface area contributed by atoms with Gasteiger partial charge in [0.25, 0.3) is 0 Å². The van der Waals surface area contributed by atoms with E-state index in [9.17, 15) is 0 Å². The number of aromatic nitrogens is 3. The van der Waals surface area contributed by atoms with E-state index in [0.29, 0.717) is 11.6 Å². The Morgan fingerprint density at radius 2 is 1.84 bits per heavy atom. The lowest BCUT2D eigenvalue weighted by Crippen LogP contribution is -2.07. The standard InChI is InChI=1S/C14H18N4O/c1-8-12(9(2)19-18-8)14-16-11-7-5-3-4-6-10(11)13(15)17-14/h3-7H2,1-2H3,(H2,15,16,17). The van der Waals surface area contributed by atoms with Crippen LogP contribution in [0.25, 0.3) is 11.4 Å². The molecule has 0 spiro atoms. The Hall–Kier alpha value is -1.91. The fourth-order valence-corrected chi connectivity index (χ4v) is 2.71. The van der Waals surface area contributed by atoms with Crippen LogP contribution in [0.1, 0.15) is 42.0 Å². The Morgan fingerprint density at radius 3 is 2.58 bits per heavy atom. The van der Waals surface area contributed by atoms with E-state index < -0.39 is 0 Å². The second-order valence-electron chi connectivity index (χ2n) is 5.12. The first-order valence-electron chi connectivity index (χ1n) is 6.75. The fourth-order valence-electron chi connectivity index (χ4n) is 2.71. The molecule has 0 fully saturated rings. The number of rotatable bonds is 1. The molecular formula is C14H18N4O. The molecule has 3 rings (SSSR count). The topological polar surface area (TPSA) is 77.8 Å². The maximum Gasteiger partial charge on any atom is 0.167 e. The highest BCUT2D eigenvalue weighted by molar-refractivity contribution is 5.63. The third-order valence-electron chi connectivity index (χ3n) is 3.72. The highest BCUT2D eigenvalue weighted by atomic mass is 16.5. The highest BCUT2D eigenvalue weighted by Crippen LogP contribution is 2.29. The first-order valence-corrected chi connectivity index (χ1v) is 6.75. The number of nitrogen functional groups attached to an aromatic ring is 1. The van der Waals surface area contributed by atoms with E-state index in [2.05, 4.69) is 10.1 Å². The van der Waals surface area contributed by atoms with Crippen molar-refractivity contribution < 1.29 is 4.52 Å². The molecule has 2 aromatic rings. The van der Waals surface area contributed by atoms with E-state index in [1.807, 2.05) is 13.8 Å². The number of hydrogen-bond donors (Lipinski definition) is 1. The van der Waals surface area contributed by atoms with Gasteiger partial charge in [0.15, 0.2) is 5.82 Å². The third-order valence-corrected chi connectivity index (χ3v) is 3.72. The van der Waals surface area contributed by atoms with Gasteiger partial charge in [0, 0.05) is 11.3 Å². The van der Waals surface area contributed by atoms with Crippen LogP contribution >= 0.6 is 0 Å². The summed E-state index contributed by atoms with van der Waals surface area (Å²) in [6, 6.07) is 0. The number of aryl methyl sites for hydroxylation is 3. The summed E-state index contributed by atoms with van der Waals surface area (Å²) >= 11 is 0. The summed E-state index contributed by atoms with van der Waals surface area (Å²) in [7, 11) is 0. The van der Waals surface area contributed by atoms with E-state index in [0.717, 1.165) is 41.1 Å². The number of hydrogen-bond acceptors (Lipinski definition) is 5. The van der Waals surface area contributed by atoms with Crippen molar-refractivity contribution in [2.75, 3.05) is 5.73 Å². The van der Waals surface area contributed by atoms with Gasteiger partial charge in [0.05, 0.1) is 11.3 Å². The minimum atomic E-state index is 0.613. The minimum Gasteiger partial charge on any atom is -0.383 e. The van der Waals surface area contributed by atoms with Gasteiger partial charge >= 0.3 is 0 Å². The van der Waals surface area contributed by atoms with Crippen LogP contribution < -0.4 is 5.73 Å². The predicted octanol–water partition coefficient (Wildman–Crippen LogP) is 2.60. The molecular weight excluding hydrogens is 240 g/mol. The average molecular weight is 258 g/mol. The van der Waals surface area contributed by atoms with Gasteiger partial charge in [-0.05, 0) is 39.5 Å².